The molecule has 0 aliphatic heterocycles. The highest BCUT2D eigenvalue weighted by atomic mass is 32.2. The lowest BCUT2D eigenvalue weighted by atomic mass is 10.1. The maximum Gasteiger partial charge on any atom is 0.248 e. The van der Waals surface area contributed by atoms with Gasteiger partial charge in [-0.25, -0.2) is 17.2 Å². The largest absolute Gasteiger partial charge is 0.322 e. The van der Waals surface area contributed by atoms with Gasteiger partial charge in [-0.1, -0.05) is 25.1 Å². The molecule has 2 rings (SSSR count). The minimum absolute atomic E-state index is 0.163. The second-order valence-electron chi connectivity index (χ2n) is 5.43. The van der Waals surface area contributed by atoms with Crippen LogP contribution < -0.4 is 9.62 Å². The number of amides is 1. The summed E-state index contributed by atoms with van der Waals surface area (Å²) in [4.78, 5) is 12.6. The van der Waals surface area contributed by atoms with E-state index in [0.717, 1.165) is 22.7 Å². The van der Waals surface area contributed by atoms with Crippen molar-refractivity contribution in [2.75, 3.05) is 15.9 Å². The van der Waals surface area contributed by atoms with E-state index in [1.165, 1.54) is 0 Å². The highest BCUT2D eigenvalue weighted by Gasteiger charge is 2.31. The number of carbonyl (C=O) groups is 1. The molecule has 0 heterocycles. The minimum atomic E-state index is -3.76. The van der Waals surface area contributed by atoms with Gasteiger partial charge in [0.25, 0.3) is 0 Å². The molecule has 25 heavy (non-hydrogen) atoms. The second-order valence-corrected chi connectivity index (χ2v) is 7.29. The molecule has 8 heteroatoms. The molecule has 0 aliphatic carbocycles. The average molecular weight is 368 g/mol. The van der Waals surface area contributed by atoms with Crippen LogP contribution in [0.5, 0.6) is 0 Å². The van der Waals surface area contributed by atoms with E-state index in [1.807, 2.05) is 0 Å². The first-order valence-electron chi connectivity index (χ1n) is 7.54. The number of hydrogen-bond acceptors (Lipinski definition) is 3. The zero-order valence-corrected chi connectivity index (χ0v) is 14.6. The molecule has 5 nitrogen and oxygen atoms in total. The standard InChI is InChI=1S/C17H18F2N2O3S/c1-3-16(17(22)20-15-10-9-12(18)11-14(15)19)21(25(2,23)24)13-7-5-4-6-8-13/h4-11,16H,3H2,1-2H3,(H,20,22). The predicted molar refractivity (Wildman–Crippen MR) is 92.8 cm³/mol. The highest BCUT2D eigenvalue weighted by molar-refractivity contribution is 7.92. The minimum Gasteiger partial charge on any atom is -0.322 e. The van der Waals surface area contributed by atoms with Gasteiger partial charge in [0.2, 0.25) is 15.9 Å². The van der Waals surface area contributed by atoms with E-state index in [1.54, 1.807) is 37.3 Å². The fraction of sp³-hybridized carbons (Fsp3) is 0.235. The SMILES string of the molecule is CCC(C(=O)Nc1ccc(F)cc1F)N(c1ccccc1)S(C)(=O)=O. The van der Waals surface area contributed by atoms with Crippen molar-refractivity contribution in [2.24, 2.45) is 0 Å². The number of halogens is 2. The van der Waals surface area contributed by atoms with Crippen LogP contribution in [0.3, 0.4) is 0 Å². The summed E-state index contributed by atoms with van der Waals surface area (Å²) >= 11 is 0. The molecule has 0 spiro atoms. The maximum absolute atomic E-state index is 13.7. The molecular weight excluding hydrogens is 350 g/mol. The first-order chi connectivity index (χ1) is 11.7. The Balaban J connectivity index is 2.36. The molecule has 1 atom stereocenters. The third-order valence-electron chi connectivity index (χ3n) is 3.53. The molecule has 0 bridgehead atoms. The van der Waals surface area contributed by atoms with Crippen LogP contribution in [0, 0.1) is 11.6 Å². The Morgan fingerprint density at radius 3 is 2.32 bits per heavy atom. The zero-order chi connectivity index (χ0) is 18.6. The highest BCUT2D eigenvalue weighted by Crippen LogP contribution is 2.23. The van der Waals surface area contributed by atoms with Crippen molar-refractivity contribution in [3.05, 3.63) is 60.2 Å². The van der Waals surface area contributed by atoms with Crippen LogP contribution in [0.25, 0.3) is 0 Å². The molecule has 0 fully saturated rings. The number of rotatable bonds is 6. The quantitative estimate of drug-likeness (QED) is 0.852. The van der Waals surface area contributed by atoms with Gasteiger partial charge in [0, 0.05) is 6.07 Å². The van der Waals surface area contributed by atoms with Crippen molar-refractivity contribution in [1.29, 1.82) is 0 Å². The number of sulfonamides is 1. The number of nitrogens with one attached hydrogen (secondary N) is 1. The van der Waals surface area contributed by atoms with Crippen molar-refractivity contribution in [3.63, 3.8) is 0 Å². The van der Waals surface area contributed by atoms with E-state index in [-0.39, 0.29) is 12.1 Å². The molecule has 134 valence electrons. The molecule has 1 amide bonds. The summed E-state index contributed by atoms with van der Waals surface area (Å²) in [5.41, 5.74) is 0.109. The lowest BCUT2D eigenvalue weighted by molar-refractivity contribution is -0.117. The smallest absolute Gasteiger partial charge is 0.248 e. The Kier molecular flexibility index (Phi) is 5.73. The summed E-state index contributed by atoms with van der Waals surface area (Å²) in [7, 11) is -3.76. The van der Waals surface area contributed by atoms with Gasteiger partial charge in [-0.2, -0.15) is 0 Å². The molecule has 0 saturated heterocycles. The number of carbonyl (C=O) groups excluding carboxylic acids is 1. The molecular formula is C17H18F2N2O3S. The molecule has 0 aliphatic rings. The number of hydrogen-bond donors (Lipinski definition) is 1. The van der Waals surface area contributed by atoms with Crippen LogP contribution in [0.4, 0.5) is 20.2 Å². The first kappa shape index (κ1) is 18.9. The molecule has 2 aromatic rings. The Hall–Kier alpha value is -2.48. The van der Waals surface area contributed by atoms with Crippen molar-refractivity contribution in [1.82, 2.24) is 0 Å². The van der Waals surface area contributed by atoms with Crippen molar-refractivity contribution < 1.29 is 22.0 Å². The Labute approximate surface area is 145 Å². The molecule has 0 saturated carbocycles. The van der Waals surface area contributed by atoms with Crippen molar-refractivity contribution in [2.45, 2.75) is 19.4 Å². The fourth-order valence-corrected chi connectivity index (χ4v) is 3.65. The van der Waals surface area contributed by atoms with Gasteiger partial charge in [0.1, 0.15) is 17.7 Å². The summed E-state index contributed by atoms with van der Waals surface area (Å²) in [6.07, 6.45) is 1.16. The van der Waals surface area contributed by atoms with Crippen LogP contribution >= 0.6 is 0 Å². The fourth-order valence-electron chi connectivity index (χ4n) is 2.44. The van der Waals surface area contributed by atoms with Gasteiger partial charge < -0.3 is 5.32 Å². The van der Waals surface area contributed by atoms with Gasteiger partial charge >= 0.3 is 0 Å². The maximum atomic E-state index is 13.7. The number of anilines is 2. The Bertz CT molecular complexity index is 857. The Morgan fingerprint density at radius 2 is 1.80 bits per heavy atom. The van der Waals surface area contributed by atoms with Gasteiger partial charge in [0.05, 0.1) is 17.6 Å². The number of benzene rings is 2. The Morgan fingerprint density at radius 1 is 1.16 bits per heavy atom. The summed E-state index contributed by atoms with van der Waals surface area (Å²) in [5, 5.41) is 2.32. The normalized spacial score (nSPS) is 12.5. The van der Waals surface area contributed by atoms with Gasteiger partial charge in [-0.3, -0.25) is 9.10 Å². The third-order valence-corrected chi connectivity index (χ3v) is 4.71. The molecule has 1 unspecified atom stereocenters. The lowest BCUT2D eigenvalue weighted by Crippen LogP contribution is -2.47. The van der Waals surface area contributed by atoms with Crippen molar-refractivity contribution >= 4 is 27.3 Å². The van der Waals surface area contributed by atoms with E-state index in [0.29, 0.717) is 11.8 Å². The third kappa shape index (κ3) is 4.54. The van der Waals surface area contributed by atoms with Gasteiger partial charge in [0.15, 0.2) is 0 Å². The van der Waals surface area contributed by atoms with Crippen LogP contribution in [0.2, 0.25) is 0 Å². The van der Waals surface area contributed by atoms with E-state index < -0.39 is 33.6 Å². The van der Waals surface area contributed by atoms with Gasteiger partial charge in [-0.05, 0) is 30.7 Å². The monoisotopic (exact) mass is 368 g/mol. The lowest BCUT2D eigenvalue weighted by Gasteiger charge is -2.30. The van der Waals surface area contributed by atoms with E-state index in [4.69, 9.17) is 0 Å². The molecule has 0 radical (unpaired) electrons. The van der Waals surface area contributed by atoms with E-state index in [9.17, 15) is 22.0 Å². The summed E-state index contributed by atoms with van der Waals surface area (Å²) < 4.78 is 52.2. The van der Waals surface area contributed by atoms with E-state index >= 15 is 0 Å². The summed E-state index contributed by atoms with van der Waals surface area (Å²) in [6.45, 7) is 1.65. The van der Waals surface area contributed by atoms with Crippen LogP contribution in [-0.4, -0.2) is 26.6 Å². The van der Waals surface area contributed by atoms with Crippen LogP contribution in [0.1, 0.15) is 13.3 Å². The van der Waals surface area contributed by atoms with E-state index in [2.05, 4.69) is 5.32 Å². The molecule has 1 N–H and O–H groups in total. The first-order valence-corrected chi connectivity index (χ1v) is 9.39. The molecule has 2 aromatic carbocycles. The predicted octanol–water partition coefficient (Wildman–Crippen LogP) is 3.15. The topological polar surface area (TPSA) is 66.5 Å². The number of nitrogens with zero attached hydrogens (tertiary/aromatic N) is 1. The second kappa shape index (κ2) is 7.60. The summed E-state index contributed by atoms with van der Waals surface area (Å²) in [6, 6.07) is 9.80. The zero-order valence-electron chi connectivity index (χ0n) is 13.7. The average Bonchev–Trinajstić information content (AvgIpc) is 2.54. The van der Waals surface area contributed by atoms with Crippen LogP contribution in [-0.2, 0) is 14.8 Å². The number of para-hydroxylation sites is 1. The van der Waals surface area contributed by atoms with Gasteiger partial charge in [-0.15, -0.1) is 0 Å². The van der Waals surface area contributed by atoms with Crippen LogP contribution in [0.15, 0.2) is 48.5 Å². The summed E-state index contributed by atoms with van der Waals surface area (Å²) in [5.74, 6) is -2.42. The molecule has 0 aromatic heterocycles. The van der Waals surface area contributed by atoms with Crippen molar-refractivity contribution in [3.8, 4) is 0 Å².